The van der Waals surface area contributed by atoms with Crippen molar-refractivity contribution in [3.05, 3.63) is 78.2 Å². The first kappa shape index (κ1) is 27.3. The lowest BCUT2D eigenvalue weighted by Gasteiger charge is -2.37. The van der Waals surface area contributed by atoms with Gasteiger partial charge in [0.15, 0.2) is 0 Å². The van der Waals surface area contributed by atoms with E-state index in [1.54, 1.807) is 24.4 Å². The normalized spacial score (nSPS) is 15.1. The highest BCUT2D eigenvalue weighted by Crippen LogP contribution is 2.23. The Hall–Kier alpha value is -3.30. The van der Waals surface area contributed by atoms with E-state index < -0.39 is 11.1 Å². The number of benzene rings is 2. The highest BCUT2D eigenvalue weighted by Gasteiger charge is 2.26. The van der Waals surface area contributed by atoms with Crippen LogP contribution in [0, 0.1) is 5.92 Å². The molecule has 0 radical (unpaired) electrons. The number of carbonyl (C=O) groups excluding carboxylic acids is 1. The van der Waals surface area contributed by atoms with E-state index in [0.717, 1.165) is 30.8 Å². The van der Waals surface area contributed by atoms with Crippen molar-refractivity contribution < 1.29 is 15.0 Å². The Balaban J connectivity index is 0.000000520. The lowest BCUT2D eigenvalue weighted by molar-refractivity contribution is -0.132. The third kappa shape index (κ3) is 7.86. The first-order valence-electron chi connectivity index (χ1n) is 12.1. The molecule has 1 saturated heterocycles. The summed E-state index contributed by atoms with van der Waals surface area (Å²) in [6.07, 6.45) is 4.06. The molecule has 2 unspecified atom stereocenters. The minimum absolute atomic E-state index is 0. The summed E-state index contributed by atoms with van der Waals surface area (Å²) in [4.78, 5) is 24.7. The third-order valence-corrected chi connectivity index (χ3v) is 6.74. The van der Waals surface area contributed by atoms with Crippen LogP contribution in [0.4, 0.5) is 11.5 Å². The lowest BCUT2D eigenvalue weighted by atomic mass is 9.95. The summed E-state index contributed by atoms with van der Waals surface area (Å²) in [5.41, 5.74) is 8.56. The van der Waals surface area contributed by atoms with Crippen LogP contribution in [-0.4, -0.2) is 55.7 Å². The third-order valence-electron chi connectivity index (χ3n) is 6.08. The fraction of sp³-hybridized carbons (Fsp3) is 0.370. The van der Waals surface area contributed by atoms with Crippen molar-refractivity contribution in [1.82, 2.24) is 14.9 Å². The maximum absolute atomic E-state index is 13.0. The Morgan fingerprint density at radius 1 is 1.03 bits per heavy atom. The van der Waals surface area contributed by atoms with E-state index in [0.29, 0.717) is 24.8 Å². The summed E-state index contributed by atoms with van der Waals surface area (Å²) in [5.74, 6) is 1.14. The Labute approximate surface area is 217 Å². The second kappa shape index (κ2) is 13.1. The van der Waals surface area contributed by atoms with Gasteiger partial charge in [0.1, 0.15) is 12.1 Å². The second-order valence-electron chi connectivity index (χ2n) is 9.24. The van der Waals surface area contributed by atoms with E-state index >= 15 is 0 Å². The largest absolute Gasteiger partial charge is 0.768 e. The zero-order chi connectivity index (χ0) is 26.1. The maximum Gasteiger partial charge on any atom is 0.229 e. The SMILES string of the molecule is CC(C)Cc1ccc(C(C)C(=O)N2CCN(c3ccc(S(=O)[O-])cc3)CC2)cc1.Nc1ccncn1.[HH]. The molecule has 194 valence electrons. The summed E-state index contributed by atoms with van der Waals surface area (Å²) in [6, 6.07) is 16.9. The number of nitrogens with zero attached hydrogens (tertiary/aromatic N) is 4. The summed E-state index contributed by atoms with van der Waals surface area (Å²) in [7, 11) is 0. The number of rotatable bonds is 6. The molecule has 1 fully saturated rings. The molecule has 0 bridgehead atoms. The van der Waals surface area contributed by atoms with Crippen molar-refractivity contribution in [2.45, 2.75) is 38.0 Å². The van der Waals surface area contributed by atoms with Crippen molar-refractivity contribution in [2.24, 2.45) is 5.92 Å². The molecule has 1 aliphatic rings. The molecule has 0 spiro atoms. The lowest BCUT2D eigenvalue weighted by Crippen LogP contribution is -2.49. The molecule has 9 heteroatoms. The molecule has 1 aliphatic heterocycles. The van der Waals surface area contributed by atoms with Gasteiger partial charge in [0.05, 0.1) is 5.92 Å². The summed E-state index contributed by atoms with van der Waals surface area (Å²) in [5, 5.41) is 0. The summed E-state index contributed by atoms with van der Waals surface area (Å²) >= 11 is -2.20. The van der Waals surface area contributed by atoms with Crippen LogP contribution < -0.4 is 10.6 Å². The van der Waals surface area contributed by atoms with E-state index in [1.165, 1.54) is 11.9 Å². The number of anilines is 2. The fourth-order valence-corrected chi connectivity index (χ4v) is 4.44. The van der Waals surface area contributed by atoms with Gasteiger partial charge in [0, 0.05) is 44.4 Å². The molecule has 1 amide bonds. The van der Waals surface area contributed by atoms with Crippen LogP contribution in [0.25, 0.3) is 0 Å². The van der Waals surface area contributed by atoms with Crippen LogP contribution in [0.1, 0.15) is 39.2 Å². The van der Waals surface area contributed by atoms with E-state index in [-0.39, 0.29) is 18.1 Å². The van der Waals surface area contributed by atoms with Gasteiger partial charge in [-0.2, -0.15) is 0 Å². The van der Waals surface area contributed by atoms with Gasteiger partial charge < -0.3 is 20.1 Å². The highest BCUT2D eigenvalue weighted by molar-refractivity contribution is 7.79. The molecule has 3 aromatic rings. The van der Waals surface area contributed by atoms with Crippen LogP contribution >= 0.6 is 0 Å². The van der Waals surface area contributed by atoms with Gasteiger partial charge >= 0.3 is 0 Å². The first-order valence-corrected chi connectivity index (χ1v) is 13.2. The molecule has 0 saturated carbocycles. The molecule has 0 aliphatic carbocycles. The zero-order valence-electron chi connectivity index (χ0n) is 21.0. The second-order valence-corrected chi connectivity index (χ2v) is 10.2. The first-order chi connectivity index (χ1) is 17.2. The number of nitrogen functional groups attached to an aromatic ring is 1. The number of nitrogens with two attached hydrogens (primary N) is 1. The van der Waals surface area contributed by atoms with Crippen LogP contribution in [0.2, 0.25) is 0 Å². The van der Waals surface area contributed by atoms with Gasteiger partial charge in [-0.15, -0.1) is 0 Å². The van der Waals surface area contributed by atoms with E-state index in [9.17, 15) is 13.6 Å². The van der Waals surface area contributed by atoms with Gasteiger partial charge in [-0.1, -0.05) is 38.1 Å². The smallest absolute Gasteiger partial charge is 0.229 e. The minimum Gasteiger partial charge on any atom is -0.768 e. The summed E-state index contributed by atoms with van der Waals surface area (Å²) in [6.45, 7) is 9.22. The molecule has 36 heavy (non-hydrogen) atoms. The van der Waals surface area contributed by atoms with Gasteiger partial charge in [-0.25, -0.2) is 9.97 Å². The Morgan fingerprint density at radius 2 is 1.67 bits per heavy atom. The van der Waals surface area contributed by atoms with Crippen molar-refractivity contribution >= 4 is 28.5 Å². The standard InChI is InChI=1S/C23H30N2O3S.C4H5N3.H2/c1-17(2)16-19-4-6-20(7-5-19)18(3)23(26)25-14-12-24(13-15-25)21-8-10-22(11-9-21)29(27)28;5-4-1-2-6-3-7-4;/h4-11,17-18H,12-16H2,1-3H3,(H,27,28);1-3H,(H2,5,6,7);1H/p-1. The van der Waals surface area contributed by atoms with Gasteiger partial charge in [-0.3, -0.25) is 9.00 Å². The number of carbonyl (C=O) groups is 1. The van der Waals surface area contributed by atoms with Crippen molar-refractivity contribution in [3.8, 4) is 0 Å². The molecular formula is C27H36N5O3S-. The topological polar surface area (TPSA) is 115 Å². The van der Waals surface area contributed by atoms with Gasteiger partial charge in [-0.05, 0) is 71.8 Å². The Bertz CT molecular complexity index is 1120. The summed E-state index contributed by atoms with van der Waals surface area (Å²) < 4.78 is 22.0. The minimum atomic E-state index is -2.20. The fourth-order valence-electron chi connectivity index (χ4n) is 4.08. The average Bonchev–Trinajstić information content (AvgIpc) is 2.89. The molecule has 8 nitrogen and oxygen atoms in total. The predicted molar refractivity (Wildman–Crippen MR) is 144 cm³/mol. The number of amides is 1. The average molecular weight is 511 g/mol. The molecule has 4 rings (SSSR count). The van der Waals surface area contributed by atoms with Crippen LogP contribution in [0.5, 0.6) is 0 Å². The molecule has 2 aromatic carbocycles. The monoisotopic (exact) mass is 510 g/mol. The zero-order valence-corrected chi connectivity index (χ0v) is 21.9. The number of aromatic nitrogens is 2. The van der Waals surface area contributed by atoms with E-state index in [2.05, 4.69) is 53.0 Å². The number of piperazine rings is 1. The van der Waals surface area contributed by atoms with Crippen LogP contribution in [-0.2, 0) is 22.3 Å². The Morgan fingerprint density at radius 3 is 2.14 bits per heavy atom. The van der Waals surface area contributed by atoms with Crippen LogP contribution in [0.15, 0.2) is 72.0 Å². The van der Waals surface area contributed by atoms with Gasteiger partial charge in [0.25, 0.3) is 0 Å². The quantitative estimate of drug-likeness (QED) is 0.500. The van der Waals surface area contributed by atoms with E-state index in [1.807, 2.05) is 24.0 Å². The molecule has 1 aromatic heterocycles. The van der Waals surface area contributed by atoms with Gasteiger partial charge in [0.2, 0.25) is 5.91 Å². The van der Waals surface area contributed by atoms with Crippen molar-refractivity contribution in [1.29, 1.82) is 0 Å². The van der Waals surface area contributed by atoms with Crippen molar-refractivity contribution in [3.63, 3.8) is 0 Å². The molecular weight excluding hydrogens is 474 g/mol. The predicted octanol–water partition coefficient (Wildman–Crippen LogP) is 3.88. The molecule has 2 atom stereocenters. The Kier molecular flexibility index (Phi) is 9.95. The molecule has 2 N–H and O–H groups in total. The highest BCUT2D eigenvalue weighted by atomic mass is 32.2. The number of hydrogen-bond acceptors (Lipinski definition) is 7. The number of hydrogen-bond donors (Lipinski definition) is 1. The van der Waals surface area contributed by atoms with Crippen molar-refractivity contribution in [2.75, 3.05) is 36.8 Å². The van der Waals surface area contributed by atoms with Crippen LogP contribution in [0.3, 0.4) is 0 Å². The maximum atomic E-state index is 13.0. The van der Waals surface area contributed by atoms with E-state index in [4.69, 9.17) is 5.73 Å². The molecule has 2 heterocycles.